The van der Waals surface area contributed by atoms with E-state index in [1.165, 1.54) is 13.3 Å². The molecular weight excluding hydrogens is 170 g/mol. The van der Waals surface area contributed by atoms with Gasteiger partial charge in [-0.15, -0.1) is 0 Å². The SMILES string of the molecule is COC(=O)C1C/C=C\C=C/NC1=O. The van der Waals surface area contributed by atoms with Crippen molar-refractivity contribution in [1.82, 2.24) is 5.32 Å². The van der Waals surface area contributed by atoms with Crippen molar-refractivity contribution in [3.63, 3.8) is 0 Å². The molecule has 1 atom stereocenters. The lowest BCUT2D eigenvalue weighted by Gasteiger charge is -2.11. The Hall–Kier alpha value is -1.58. The zero-order valence-electron chi connectivity index (χ0n) is 7.32. The number of ether oxygens (including phenoxy) is 1. The molecule has 0 aromatic heterocycles. The molecule has 4 nitrogen and oxygen atoms in total. The Labute approximate surface area is 76.3 Å². The summed E-state index contributed by atoms with van der Waals surface area (Å²) in [6.45, 7) is 0. The van der Waals surface area contributed by atoms with Crippen LogP contribution in [-0.2, 0) is 14.3 Å². The van der Waals surface area contributed by atoms with Gasteiger partial charge >= 0.3 is 5.97 Å². The second kappa shape index (κ2) is 4.45. The van der Waals surface area contributed by atoms with Crippen LogP contribution in [-0.4, -0.2) is 19.0 Å². The maximum Gasteiger partial charge on any atom is 0.318 e. The maximum absolute atomic E-state index is 11.3. The minimum absolute atomic E-state index is 0.326. The fourth-order valence-electron chi connectivity index (χ4n) is 1.03. The molecular formula is C9H11NO3. The van der Waals surface area contributed by atoms with E-state index in [4.69, 9.17) is 0 Å². The van der Waals surface area contributed by atoms with Crippen LogP contribution in [0.5, 0.6) is 0 Å². The third-order valence-electron chi connectivity index (χ3n) is 1.74. The monoisotopic (exact) mass is 181 g/mol. The molecule has 1 unspecified atom stereocenters. The summed E-state index contributed by atoms with van der Waals surface area (Å²) in [4.78, 5) is 22.4. The van der Waals surface area contributed by atoms with Crippen LogP contribution in [0.3, 0.4) is 0 Å². The van der Waals surface area contributed by atoms with Crippen LogP contribution in [0.4, 0.5) is 0 Å². The molecule has 0 fully saturated rings. The number of carbonyl (C=O) groups is 2. The first-order chi connectivity index (χ1) is 6.25. The molecule has 1 aliphatic heterocycles. The molecule has 4 heteroatoms. The van der Waals surface area contributed by atoms with Gasteiger partial charge in [-0.3, -0.25) is 9.59 Å². The van der Waals surface area contributed by atoms with Crippen LogP contribution in [0.2, 0.25) is 0 Å². The Morgan fingerprint density at radius 3 is 3.08 bits per heavy atom. The van der Waals surface area contributed by atoms with Crippen LogP contribution in [0.15, 0.2) is 24.4 Å². The van der Waals surface area contributed by atoms with E-state index in [1.807, 2.05) is 0 Å². The van der Waals surface area contributed by atoms with Gasteiger partial charge in [0.05, 0.1) is 7.11 Å². The fraction of sp³-hybridized carbons (Fsp3) is 0.333. The maximum atomic E-state index is 11.3. The zero-order chi connectivity index (χ0) is 9.68. The minimum atomic E-state index is -0.730. The third kappa shape index (κ3) is 2.43. The van der Waals surface area contributed by atoms with Crippen molar-refractivity contribution in [3.05, 3.63) is 24.4 Å². The number of hydrogen-bond donors (Lipinski definition) is 1. The van der Waals surface area contributed by atoms with Gasteiger partial charge in [0.1, 0.15) is 5.92 Å². The number of hydrogen-bond acceptors (Lipinski definition) is 3. The van der Waals surface area contributed by atoms with E-state index in [1.54, 1.807) is 18.2 Å². The number of allylic oxidation sites excluding steroid dienone is 3. The fourth-order valence-corrected chi connectivity index (χ4v) is 1.03. The standard InChI is InChI=1S/C9H11NO3/c1-13-9(12)7-5-3-2-4-6-10-8(7)11/h2-4,6-7H,5H2,1H3,(H,10,11)/b3-2-,6-4-. The average Bonchev–Trinajstić information content (AvgIpc) is 2.11. The van der Waals surface area contributed by atoms with Crippen molar-refractivity contribution in [2.75, 3.05) is 7.11 Å². The van der Waals surface area contributed by atoms with Crippen molar-refractivity contribution in [1.29, 1.82) is 0 Å². The molecule has 0 aliphatic carbocycles. The van der Waals surface area contributed by atoms with Crippen LogP contribution >= 0.6 is 0 Å². The van der Waals surface area contributed by atoms with Gasteiger partial charge in [-0.05, 0) is 12.5 Å². The molecule has 1 N–H and O–H groups in total. The van der Waals surface area contributed by atoms with Gasteiger partial charge < -0.3 is 10.1 Å². The second-order valence-electron chi connectivity index (χ2n) is 2.61. The minimum Gasteiger partial charge on any atom is -0.468 e. The summed E-state index contributed by atoms with van der Waals surface area (Å²) in [5.74, 6) is -1.56. The summed E-state index contributed by atoms with van der Waals surface area (Å²) in [5.41, 5.74) is 0. The van der Waals surface area contributed by atoms with Gasteiger partial charge in [-0.25, -0.2) is 0 Å². The van der Waals surface area contributed by atoms with E-state index >= 15 is 0 Å². The highest BCUT2D eigenvalue weighted by Gasteiger charge is 2.25. The topological polar surface area (TPSA) is 55.4 Å². The quantitative estimate of drug-likeness (QED) is 0.469. The predicted molar refractivity (Wildman–Crippen MR) is 46.5 cm³/mol. The number of nitrogens with one attached hydrogen (secondary N) is 1. The van der Waals surface area contributed by atoms with Gasteiger partial charge in [-0.1, -0.05) is 12.2 Å². The first-order valence-corrected chi connectivity index (χ1v) is 3.95. The highest BCUT2D eigenvalue weighted by molar-refractivity contribution is 5.98. The summed E-state index contributed by atoms with van der Waals surface area (Å²) in [7, 11) is 1.27. The van der Waals surface area contributed by atoms with Crippen LogP contribution in [0.1, 0.15) is 6.42 Å². The van der Waals surface area contributed by atoms with Crippen molar-refractivity contribution in [3.8, 4) is 0 Å². The van der Waals surface area contributed by atoms with Crippen molar-refractivity contribution >= 4 is 11.9 Å². The molecule has 1 amide bonds. The van der Waals surface area contributed by atoms with Crippen molar-refractivity contribution in [2.45, 2.75) is 6.42 Å². The molecule has 0 saturated carbocycles. The normalized spacial score (nSPS) is 26.5. The molecule has 0 aromatic carbocycles. The molecule has 0 spiro atoms. The molecule has 0 aromatic rings. The Kier molecular flexibility index (Phi) is 3.25. The lowest BCUT2D eigenvalue weighted by molar-refractivity contribution is -0.149. The van der Waals surface area contributed by atoms with Crippen molar-refractivity contribution in [2.24, 2.45) is 5.92 Å². The average molecular weight is 181 g/mol. The van der Waals surface area contributed by atoms with Crippen LogP contribution < -0.4 is 5.32 Å². The van der Waals surface area contributed by atoms with Gasteiger partial charge in [0.2, 0.25) is 5.91 Å². The Morgan fingerprint density at radius 1 is 1.62 bits per heavy atom. The summed E-state index contributed by atoms with van der Waals surface area (Å²) in [6.07, 6.45) is 7.11. The van der Waals surface area contributed by atoms with E-state index in [2.05, 4.69) is 10.1 Å². The summed E-state index contributed by atoms with van der Waals surface area (Å²) in [6, 6.07) is 0. The van der Waals surface area contributed by atoms with E-state index in [9.17, 15) is 9.59 Å². The lowest BCUT2D eigenvalue weighted by atomic mass is 10.0. The molecule has 1 aliphatic rings. The molecule has 0 bridgehead atoms. The third-order valence-corrected chi connectivity index (χ3v) is 1.74. The molecule has 1 heterocycles. The van der Waals surface area contributed by atoms with Crippen LogP contribution in [0.25, 0.3) is 0 Å². The molecule has 1 rings (SSSR count). The zero-order valence-corrected chi connectivity index (χ0v) is 7.32. The number of carbonyl (C=O) groups excluding carboxylic acids is 2. The van der Waals surface area contributed by atoms with Gasteiger partial charge in [0, 0.05) is 6.20 Å². The van der Waals surface area contributed by atoms with E-state index in [0.29, 0.717) is 6.42 Å². The van der Waals surface area contributed by atoms with Crippen LogP contribution in [0, 0.1) is 5.92 Å². The Balaban J connectivity index is 2.72. The van der Waals surface area contributed by atoms with Crippen molar-refractivity contribution < 1.29 is 14.3 Å². The number of methoxy groups -OCH3 is 1. The number of rotatable bonds is 1. The highest BCUT2D eigenvalue weighted by Crippen LogP contribution is 2.08. The van der Waals surface area contributed by atoms with E-state index in [-0.39, 0.29) is 5.91 Å². The molecule has 0 saturated heterocycles. The Bertz CT molecular complexity index is 268. The molecule has 0 radical (unpaired) electrons. The highest BCUT2D eigenvalue weighted by atomic mass is 16.5. The Morgan fingerprint density at radius 2 is 2.38 bits per heavy atom. The smallest absolute Gasteiger partial charge is 0.318 e. The van der Waals surface area contributed by atoms with Gasteiger partial charge in [0.15, 0.2) is 0 Å². The first-order valence-electron chi connectivity index (χ1n) is 3.95. The largest absolute Gasteiger partial charge is 0.468 e. The van der Waals surface area contributed by atoms with E-state index in [0.717, 1.165) is 0 Å². The molecule has 13 heavy (non-hydrogen) atoms. The lowest BCUT2D eigenvalue weighted by Crippen LogP contribution is -2.33. The summed E-state index contributed by atoms with van der Waals surface area (Å²) in [5, 5.41) is 2.48. The number of esters is 1. The first kappa shape index (κ1) is 9.51. The van der Waals surface area contributed by atoms with Gasteiger partial charge in [0.25, 0.3) is 0 Å². The molecule has 70 valence electrons. The van der Waals surface area contributed by atoms with Gasteiger partial charge in [-0.2, -0.15) is 0 Å². The van der Waals surface area contributed by atoms with E-state index < -0.39 is 11.9 Å². The summed E-state index contributed by atoms with van der Waals surface area (Å²) >= 11 is 0. The summed E-state index contributed by atoms with van der Waals surface area (Å²) < 4.78 is 4.50. The number of amides is 1. The second-order valence-corrected chi connectivity index (χ2v) is 2.61. The predicted octanol–water partition coefficient (Wildman–Crippen LogP) is 0.365.